The number of benzene rings is 2. The lowest BCUT2D eigenvalue weighted by Crippen LogP contribution is -2.56. The van der Waals surface area contributed by atoms with Crippen molar-refractivity contribution in [2.45, 2.75) is 35.5 Å². The smallest absolute Gasteiger partial charge is 0.273 e. The summed E-state index contributed by atoms with van der Waals surface area (Å²) < 4.78 is 5.15. The molecule has 7 nitrogen and oxygen atoms in total. The largest absolute Gasteiger partial charge is 0.497 e. The third-order valence-electron chi connectivity index (χ3n) is 6.52. The number of hydrogen-bond acceptors (Lipinski definition) is 5. The van der Waals surface area contributed by atoms with E-state index in [1.54, 1.807) is 36.4 Å². The van der Waals surface area contributed by atoms with Gasteiger partial charge in [-0.25, -0.2) is 5.01 Å². The molecule has 10 heteroatoms. The number of Topliss-reactive ketones (excluding diaryl/α,β-unsaturated/α-hetero) is 1. The average molecular weight is 627 g/mol. The maximum Gasteiger partial charge on any atom is 0.273 e. The number of ether oxygens (including phenoxy) is 1. The van der Waals surface area contributed by atoms with Crippen molar-refractivity contribution in [1.29, 1.82) is 0 Å². The van der Waals surface area contributed by atoms with E-state index in [9.17, 15) is 19.2 Å². The van der Waals surface area contributed by atoms with Gasteiger partial charge < -0.3 is 4.74 Å². The SMILES string of the molecule is COc1ccc(C(=O)[C@H](C)N(C(=O)c2ccc(Cl)cc2)N2C(=O)[C@@H]3C[C@H](Br)[C@@H](Br)C[C@H]3C2=O)cc1. The topological polar surface area (TPSA) is 84.0 Å². The second-order valence-electron chi connectivity index (χ2n) is 8.63. The second kappa shape index (κ2) is 10.4. The van der Waals surface area contributed by atoms with Gasteiger partial charge in [-0.3, -0.25) is 19.2 Å². The minimum atomic E-state index is -1.13. The number of ketones is 1. The van der Waals surface area contributed by atoms with Gasteiger partial charge in [-0.15, -0.1) is 0 Å². The van der Waals surface area contributed by atoms with Crippen LogP contribution in [0, 0.1) is 11.8 Å². The number of nitrogens with zero attached hydrogens (tertiary/aromatic N) is 2. The Hall–Kier alpha value is -2.23. The van der Waals surface area contributed by atoms with Crippen LogP contribution in [0.3, 0.4) is 0 Å². The maximum atomic E-state index is 13.7. The normalized spacial score (nSPS) is 24.7. The van der Waals surface area contributed by atoms with Gasteiger partial charge in [0.1, 0.15) is 11.8 Å². The molecule has 0 aromatic heterocycles. The van der Waals surface area contributed by atoms with Crippen LogP contribution < -0.4 is 4.74 Å². The molecule has 0 bridgehead atoms. The van der Waals surface area contributed by atoms with Crippen molar-refractivity contribution in [2.24, 2.45) is 11.8 Å². The Morgan fingerprint density at radius 3 is 1.91 bits per heavy atom. The number of halogens is 3. The van der Waals surface area contributed by atoms with Gasteiger partial charge in [-0.2, -0.15) is 5.01 Å². The molecule has 0 N–H and O–H groups in total. The zero-order valence-electron chi connectivity index (χ0n) is 19.0. The zero-order chi connectivity index (χ0) is 25.4. The molecular weight excluding hydrogens is 604 g/mol. The number of amides is 3. The van der Waals surface area contributed by atoms with Gasteiger partial charge in [0.25, 0.3) is 17.7 Å². The molecule has 1 saturated carbocycles. The summed E-state index contributed by atoms with van der Waals surface area (Å²) in [5.74, 6) is -2.55. The molecule has 2 fully saturated rings. The fraction of sp³-hybridized carbons (Fsp3) is 0.360. The lowest BCUT2D eigenvalue weighted by atomic mass is 9.81. The zero-order valence-corrected chi connectivity index (χ0v) is 22.9. The van der Waals surface area contributed by atoms with Crippen LogP contribution in [-0.4, -0.2) is 56.3 Å². The Balaban J connectivity index is 1.73. The van der Waals surface area contributed by atoms with Crippen molar-refractivity contribution in [2.75, 3.05) is 7.11 Å². The molecule has 1 heterocycles. The highest BCUT2D eigenvalue weighted by Gasteiger charge is 2.55. The molecule has 1 saturated heterocycles. The highest BCUT2D eigenvalue weighted by molar-refractivity contribution is 9.12. The van der Waals surface area contributed by atoms with Crippen LogP contribution in [0.5, 0.6) is 5.75 Å². The Labute approximate surface area is 225 Å². The predicted octanol–water partition coefficient (Wildman–Crippen LogP) is 4.90. The number of imide groups is 1. The fourth-order valence-corrected chi connectivity index (χ4v) is 5.93. The van der Waals surface area contributed by atoms with E-state index in [4.69, 9.17) is 16.3 Å². The van der Waals surface area contributed by atoms with Crippen LogP contribution in [0.15, 0.2) is 48.5 Å². The van der Waals surface area contributed by atoms with E-state index in [0.29, 0.717) is 29.2 Å². The fourth-order valence-electron chi connectivity index (χ4n) is 4.56. The van der Waals surface area contributed by atoms with Crippen molar-refractivity contribution in [3.05, 3.63) is 64.7 Å². The molecule has 1 aliphatic carbocycles. The van der Waals surface area contributed by atoms with Crippen LogP contribution in [-0.2, 0) is 9.59 Å². The predicted molar refractivity (Wildman–Crippen MR) is 138 cm³/mol. The molecule has 2 aromatic rings. The quantitative estimate of drug-likeness (QED) is 0.259. The number of hydrogen-bond donors (Lipinski definition) is 0. The first-order chi connectivity index (χ1) is 16.6. The Bertz CT molecular complexity index is 1130. The van der Waals surface area contributed by atoms with E-state index in [0.717, 1.165) is 10.0 Å². The van der Waals surface area contributed by atoms with Crippen molar-refractivity contribution < 1.29 is 23.9 Å². The molecule has 4 rings (SSSR count). The summed E-state index contributed by atoms with van der Waals surface area (Å²) in [5.41, 5.74) is 0.528. The first-order valence-corrected chi connectivity index (χ1v) is 13.3. The van der Waals surface area contributed by atoms with Gasteiger partial charge in [-0.05, 0) is 68.3 Å². The third kappa shape index (κ3) is 4.90. The van der Waals surface area contributed by atoms with Crippen molar-refractivity contribution in [3.8, 4) is 5.75 Å². The minimum absolute atomic E-state index is 0.0132. The van der Waals surface area contributed by atoms with E-state index < -0.39 is 41.4 Å². The standard InChI is InChI=1S/C25H23Br2ClN2O5/c1-13(22(31)14-5-9-17(35-2)10-6-14)29(23(32)15-3-7-16(28)8-4-15)30-24(33)18-11-20(26)21(27)12-19(18)25(30)34/h3-10,13,18-21H,11-12H2,1-2H3/t13-,18+,19+,20-,21-/m0/s1. The van der Waals surface area contributed by atoms with E-state index in [-0.39, 0.29) is 15.2 Å². The summed E-state index contributed by atoms with van der Waals surface area (Å²) in [5, 5.41) is 2.33. The summed E-state index contributed by atoms with van der Waals surface area (Å²) in [7, 11) is 1.52. The molecule has 2 aliphatic rings. The van der Waals surface area contributed by atoms with Crippen molar-refractivity contribution in [3.63, 3.8) is 0 Å². The Kier molecular flexibility index (Phi) is 7.68. The Morgan fingerprint density at radius 1 is 0.943 bits per heavy atom. The number of methoxy groups -OCH3 is 1. The number of alkyl halides is 2. The van der Waals surface area contributed by atoms with Gasteiger partial charge in [-0.1, -0.05) is 43.5 Å². The number of carbonyl (C=O) groups is 4. The van der Waals surface area contributed by atoms with Gasteiger partial charge in [0.15, 0.2) is 5.78 Å². The van der Waals surface area contributed by atoms with Crippen LogP contribution >= 0.6 is 43.5 Å². The summed E-state index contributed by atoms with van der Waals surface area (Å²) in [6.45, 7) is 1.52. The third-order valence-corrected chi connectivity index (χ3v) is 9.51. The van der Waals surface area contributed by atoms with Crippen LogP contribution in [0.25, 0.3) is 0 Å². The van der Waals surface area contributed by atoms with E-state index in [1.807, 2.05) is 0 Å². The summed E-state index contributed by atoms with van der Waals surface area (Å²) >= 11 is 13.1. The van der Waals surface area contributed by atoms with Crippen LogP contribution in [0.2, 0.25) is 5.02 Å². The van der Waals surface area contributed by atoms with Gasteiger partial charge >= 0.3 is 0 Å². The maximum absolute atomic E-state index is 13.7. The average Bonchev–Trinajstić information content (AvgIpc) is 3.08. The van der Waals surface area contributed by atoms with Gasteiger partial charge in [0.2, 0.25) is 0 Å². The lowest BCUT2D eigenvalue weighted by molar-refractivity contribution is -0.156. The highest BCUT2D eigenvalue weighted by atomic mass is 79.9. The van der Waals surface area contributed by atoms with Crippen LogP contribution in [0.4, 0.5) is 0 Å². The number of carbonyl (C=O) groups excluding carboxylic acids is 4. The lowest BCUT2D eigenvalue weighted by Gasteiger charge is -2.34. The van der Waals surface area contributed by atoms with E-state index >= 15 is 0 Å². The van der Waals surface area contributed by atoms with Gasteiger partial charge in [0.05, 0.1) is 18.9 Å². The highest BCUT2D eigenvalue weighted by Crippen LogP contribution is 2.44. The van der Waals surface area contributed by atoms with Crippen molar-refractivity contribution >= 4 is 67.0 Å². The molecule has 0 radical (unpaired) electrons. The number of rotatable bonds is 6. The minimum Gasteiger partial charge on any atom is -0.497 e. The molecule has 3 amide bonds. The molecule has 1 aliphatic heterocycles. The van der Waals surface area contributed by atoms with E-state index in [1.165, 1.54) is 26.2 Å². The van der Waals surface area contributed by atoms with Gasteiger partial charge in [0, 0.05) is 25.8 Å². The number of fused-ring (bicyclic) bond motifs is 1. The van der Waals surface area contributed by atoms with E-state index in [2.05, 4.69) is 31.9 Å². The first-order valence-electron chi connectivity index (χ1n) is 11.1. The monoisotopic (exact) mass is 624 g/mol. The first kappa shape index (κ1) is 25.9. The van der Waals surface area contributed by atoms with Crippen LogP contribution in [0.1, 0.15) is 40.5 Å². The van der Waals surface area contributed by atoms with Crippen molar-refractivity contribution in [1.82, 2.24) is 10.0 Å². The summed E-state index contributed by atoms with van der Waals surface area (Å²) in [6, 6.07) is 11.4. The Morgan fingerprint density at radius 2 is 1.43 bits per heavy atom. The number of hydrazine groups is 1. The molecule has 0 unspecified atom stereocenters. The summed E-state index contributed by atoms with van der Waals surface area (Å²) in [6.07, 6.45) is 0.900. The molecule has 35 heavy (non-hydrogen) atoms. The molecule has 5 atom stereocenters. The molecule has 0 spiro atoms. The molecule has 2 aromatic carbocycles. The molecular formula is C25H23Br2ClN2O5. The molecule has 184 valence electrons. The summed E-state index contributed by atoms with van der Waals surface area (Å²) in [4.78, 5) is 54.2. The second-order valence-corrected chi connectivity index (χ2v) is 11.4.